The standard InChI is InChI=1S/C27H28N6O2S/c1-27(2,3)33-23(34)16-35-21-6-4-5-18(13-21)25-31-22-11-12-36-24(22)26(32-25)30-20-9-7-17(8-10-20)19(14-28)15-29/h4-15,28H,16,29H2,1-3H3,(H,33,34)(H,30,31,32)/b19-15+,28-14?. The fourth-order valence-corrected chi connectivity index (χ4v) is 4.29. The molecule has 0 aliphatic rings. The molecule has 0 spiro atoms. The highest BCUT2D eigenvalue weighted by Crippen LogP contribution is 2.32. The summed E-state index contributed by atoms with van der Waals surface area (Å²) in [7, 11) is 0. The number of carbonyl (C=O) groups is 1. The largest absolute Gasteiger partial charge is 0.484 e. The Kier molecular flexibility index (Phi) is 7.30. The number of nitrogens with one attached hydrogen (secondary N) is 3. The average Bonchev–Trinajstić information content (AvgIpc) is 3.33. The number of nitrogens with two attached hydrogens (primary N) is 1. The number of thiophene rings is 1. The number of amides is 1. The zero-order valence-corrected chi connectivity index (χ0v) is 21.1. The van der Waals surface area contributed by atoms with Crippen molar-refractivity contribution in [3.63, 3.8) is 0 Å². The van der Waals surface area contributed by atoms with Gasteiger partial charge in [-0.05, 0) is 62.0 Å². The van der Waals surface area contributed by atoms with Crippen LogP contribution in [-0.2, 0) is 4.79 Å². The monoisotopic (exact) mass is 500 g/mol. The summed E-state index contributed by atoms with van der Waals surface area (Å²) < 4.78 is 6.65. The number of hydrogen-bond acceptors (Lipinski definition) is 8. The van der Waals surface area contributed by atoms with Gasteiger partial charge in [-0.25, -0.2) is 9.97 Å². The molecular formula is C27H28N6O2S. The molecule has 2 aromatic heterocycles. The topological polar surface area (TPSA) is 126 Å². The molecule has 2 heterocycles. The predicted molar refractivity (Wildman–Crippen MR) is 147 cm³/mol. The maximum Gasteiger partial charge on any atom is 0.258 e. The minimum absolute atomic E-state index is 0.0764. The lowest BCUT2D eigenvalue weighted by atomic mass is 10.1. The fourth-order valence-electron chi connectivity index (χ4n) is 3.52. The second-order valence-corrected chi connectivity index (χ2v) is 10.0. The van der Waals surface area contributed by atoms with E-state index in [1.54, 1.807) is 17.4 Å². The van der Waals surface area contributed by atoms with E-state index in [1.807, 2.05) is 74.7 Å². The van der Waals surface area contributed by atoms with Crippen molar-refractivity contribution in [2.75, 3.05) is 11.9 Å². The molecule has 0 atom stereocenters. The van der Waals surface area contributed by atoms with Crippen LogP contribution in [0.25, 0.3) is 27.2 Å². The Bertz CT molecular complexity index is 1420. The molecule has 5 N–H and O–H groups in total. The number of rotatable bonds is 8. The highest BCUT2D eigenvalue weighted by Gasteiger charge is 2.15. The van der Waals surface area contributed by atoms with E-state index in [2.05, 4.69) is 10.6 Å². The normalized spacial score (nSPS) is 11.8. The Hall–Kier alpha value is -4.24. The maximum atomic E-state index is 12.1. The van der Waals surface area contributed by atoms with E-state index in [-0.39, 0.29) is 18.1 Å². The van der Waals surface area contributed by atoms with E-state index in [0.29, 0.717) is 23.0 Å². The minimum atomic E-state index is -0.320. The summed E-state index contributed by atoms with van der Waals surface area (Å²) in [4.78, 5) is 21.7. The number of aromatic nitrogens is 2. The smallest absolute Gasteiger partial charge is 0.258 e. The highest BCUT2D eigenvalue weighted by atomic mass is 32.1. The summed E-state index contributed by atoms with van der Waals surface area (Å²) in [5.41, 5.74) is 9.23. The quantitative estimate of drug-likeness (QED) is 0.242. The third kappa shape index (κ3) is 6.05. The lowest BCUT2D eigenvalue weighted by Crippen LogP contribution is -2.43. The van der Waals surface area contributed by atoms with Crippen LogP contribution in [0, 0.1) is 5.41 Å². The van der Waals surface area contributed by atoms with Gasteiger partial charge in [0.2, 0.25) is 0 Å². The van der Waals surface area contributed by atoms with Crippen molar-refractivity contribution in [1.82, 2.24) is 15.3 Å². The van der Waals surface area contributed by atoms with E-state index < -0.39 is 0 Å². The van der Waals surface area contributed by atoms with Gasteiger partial charge in [-0.1, -0.05) is 24.3 Å². The van der Waals surface area contributed by atoms with Crippen molar-refractivity contribution in [2.24, 2.45) is 5.73 Å². The van der Waals surface area contributed by atoms with Crippen LogP contribution in [0.1, 0.15) is 26.3 Å². The molecule has 0 fully saturated rings. The summed E-state index contributed by atoms with van der Waals surface area (Å²) in [5, 5.41) is 15.7. The van der Waals surface area contributed by atoms with Gasteiger partial charge >= 0.3 is 0 Å². The second kappa shape index (κ2) is 10.6. The first-order valence-electron chi connectivity index (χ1n) is 11.3. The third-order valence-electron chi connectivity index (χ3n) is 5.10. The maximum absolute atomic E-state index is 12.1. The molecule has 4 rings (SSSR count). The summed E-state index contributed by atoms with van der Waals surface area (Å²) in [5.74, 6) is 1.61. The molecule has 0 saturated heterocycles. The molecule has 36 heavy (non-hydrogen) atoms. The molecule has 0 aliphatic heterocycles. The first-order chi connectivity index (χ1) is 17.3. The van der Waals surface area contributed by atoms with Crippen LogP contribution in [0.15, 0.2) is 66.2 Å². The lowest BCUT2D eigenvalue weighted by molar-refractivity contribution is -0.124. The molecule has 2 aromatic carbocycles. The van der Waals surface area contributed by atoms with E-state index >= 15 is 0 Å². The molecule has 184 valence electrons. The number of carbonyl (C=O) groups excluding carboxylic acids is 1. The number of anilines is 2. The van der Waals surface area contributed by atoms with Crippen LogP contribution in [0.3, 0.4) is 0 Å². The van der Waals surface area contributed by atoms with Crippen LogP contribution in [-0.4, -0.2) is 34.2 Å². The molecule has 9 heteroatoms. The number of allylic oxidation sites excluding steroid dienone is 1. The van der Waals surface area contributed by atoms with E-state index in [0.717, 1.165) is 27.0 Å². The second-order valence-electron chi connectivity index (χ2n) is 9.11. The number of hydrogen-bond donors (Lipinski definition) is 4. The van der Waals surface area contributed by atoms with Crippen molar-refractivity contribution >= 4 is 50.8 Å². The van der Waals surface area contributed by atoms with Crippen LogP contribution in [0.5, 0.6) is 5.75 Å². The number of nitrogens with zero attached hydrogens (tertiary/aromatic N) is 2. The highest BCUT2D eigenvalue weighted by molar-refractivity contribution is 7.17. The van der Waals surface area contributed by atoms with Crippen LogP contribution >= 0.6 is 11.3 Å². The van der Waals surface area contributed by atoms with Gasteiger partial charge in [0.15, 0.2) is 18.2 Å². The van der Waals surface area contributed by atoms with E-state index in [9.17, 15) is 4.79 Å². The molecule has 0 unspecified atom stereocenters. The third-order valence-corrected chi connectivity index (χ3v) is 6.01. The molecule has 0 radical (unpaired) electrons. The van der Waals surface area contributed by atoms with E-state index in [4.69, 9.17) is 25.8 Å². The van der Waals surface area contributed by atoms with Crippen LogP contribution in [0.2, 0.25) is 0 Å². The molecule has 4 aromatic rings. The van der Waals surface area contributed by atoms with Gasteiger partial charge in [-0.3, -0.25) is 4.79 Å². The van der Waals surface area contributed by atoms with Gasteiger partial charge in [0.1, 0.15) is 5.75 Å². The van der Waals surface area contributed by atoms with Gasteiger partial charge in [-0.15, -0.1) is 11.3 Å². The number of ether oxygens (including phenoxy) is 1. The SMILES string of the molecule is CC(C)(C)NC(=O)COc1cccc(-c2nc(Nc3ccc(/C(C=N)=C/N)cc3)c3sccc3n2)c1. The summed E-state index contributed by atoms with van der Waals surface area (Å²) in [6.45, 7) is 5.70. The molecule has 1 amide bonds. The Labute approximate surface area is 213 Å². The molecule has 0 bridgehead atoms. The van der Waals surface area contributed by atoms with E-state index in [1.165, 1.54) is 12.4 Å². The Morgan fingerprint density at radius 2 is 1.92 bits per heavy atom. The lowest BCUT2D eigenvalue weighted by Gasteiger charge is -2.20. The summed E-state index contributed by atoms with van der Waals surface area (Å²) in [6.07, 6.45) is 2.64. The van der Waals surface area contributed by atoms with Crippen LogP contribution < -0.4 is 21.1 Å². The van der Waals surface area contributed by atoms with Gasteiger partial charge in [0.05, 0.1) is 10.2 Å². The minimum Gasteiger partial charge on any atom is -0.484 e. The van der Waals surface area contributed by atoms with Crippen molar-refractivity contribution in [3.05, 3.63) is 71.7 Å². The fraction of sp³-hybridized carbons (Fsp3) is 0.185. The Balaban J connectivity index is 1.58. The number of fused-ring (bicyclic) bond motifs is 1. The zero-order chi connectivity index (χ0) is 25.7. The van der Waals surface area contributed by atoms with Crippen molar-refractivity contribution < 1.29 is 9.53 Å². The molecular weight excluding hydrogens is 472 g/mol. The summed E-state index contributed by atoms with van der Waals surface area (Å²) in [6, 6.07) is 17.0. The predicted octanol–water partition coefficient (Wildman–Crippen LogP) is 5.34. The van der Waals surface area contributed by atoms with Crippen molar-refractivity contribution in [1.29, 1.82) is 5.41 Å². The van der Waals surface area contributed by atoms with Gasteiger partial charge < -0.3 is 26.5 Å². The molecule has 0 aliphatic carbocycles. The molecule has 0 saturated carbocycles. The summed E-state index contributed by atoms with van der Waals surface area (Å²) >= 11 is 1.56. The zero-order valence-electron chi connectivity index (χ0n) is 20.3. The Morgan fingerprint density at radius 1 is 1.14 bits per heavy atom. The average molecular weight is 501 g/mol. The van der Waals surface area contributed by atoms with Crippen LogP contribution in [0.4, 0.5) is 11.5 Å². The van der Waals surface area contributed by atoms with Crippen molar-refractivity contribution in [3.8, 4) is 17.1 Å². The van der Waals surface area contributed by atoms with Crippen molar-refractivity contribution in [2.45, 2.75) is 26.3 Å². The first-order valence-corrected chi connectivity index (χ1v) is 12.2. The molecule has 8 nitrogen and oxygen atoms in total. The van der Waals surface area contributed by atoms with Gasteiger partial charge in [0, 0.05) is 34.8 Å². The van der Waals surface area contributed by atoms with Gasteiger partial charge in [-0.2, -0.15) is 0 Å². The number of benzene rings is 2. The van der Waals surface area contributed by atoms with Gasteiger partial charge in [0.25, 0.3) is 5.91 Å². The first kappa shape index (κ1) is 24.9. The Morgan fingerprint density at radius 3 is 2.61 bits per heavy atom.